The van der Waals surface area contributed by atoms with Gasteiger partial charge in [-0.3, -0.25) is 0 Å². The van der Waals surface area contributed by atoms with Gasteiger partial charge in [0.2, 0.25) is 0 Å². The van der Waals surface area contributed by atoms with Crippen molar-refractivity contribution in [1.29, 1.82) is 0 Å². The summed E-state index contributed by atoms with van der Waals surface area (Å²) in [5.41, 5.74) is 6.96. The Kier molecular flexibility index (Phi) is 6.52. The standard InChI is InChI=1S/C17H28N4O/c1-3-21(4-2)11-12-22-16-9-5-14(6-10-16)13-19-17(18)20-15-7-8-15/h5-6,9-10,15H,3-4,7-8,11-13H2,1-2H3,(H3,18,19,20). The molecule has 122 valence electrons. The normalized spacial score (nSPS) is 15.1. The van der Waals surface area contributed by atoms with Crippen LogP contribution in [-0.4, -0.2) is 43.1 Å². The average Bonchev–Trinajstić information content (AvgIpc) is 3.35. The Morgan fingerprint density at radius 2 is 1.95 bits per heavy atom. The van der Waals surface area contributed by atoms with Crippen LogP contribution in [-0.2, 0) is 6.54 Å². The second-order valence-corrected chi connectivity index (χ2v) is 5.64. The quantitative estimate of drug-likeness (QED) is 0.541. The van der Waals surface area contributed by atoms with Crippen LogP contribution in [0.15, 0.2) is 29.3 Å². The van der Waals surface area contributed by atoms with Crippen molar-refractivity contribution in [2.45, 2.75) is 39.3 Å². The number of nitrogens with two attached hydrogens (primary N) is 1. The molecule has 0 spiro atoms. The first-order valence-electron chi connectivity index (χ1n) is 8.21. The molecule has 0 unspecified atom stereocenters. The molecule has 1 aliphatic carbocycles. The summed E-state index contributed by atoms with van der Waals surface area (Å²) in [6.45, 7) is 8.75. The van der Waals surface area contributed by atoms with Crippen LogP contribution in [0.1, 0.15) is 32.3 Å². The summed E-state index contributed by atoms with van der Waals surface area (Å²) in [5, 5.41) is 3.18. The van der Waals surface area contributed by atoms with Gasteiger partial charge in [-0.2, -0.15) is 0 Å². The molecule has 0 radical (unpaired) electrons. The topological polar surface area (TPSA) is 62.9 Å². The van der Waals surface area contributed by atoms with Gasteiger partial charge in [0.15, 0.2) is 5.96 Å². The SMILES string of the molecule is CCN(CC)CCOc1ccc(CN=C(N)NC2CC2)cc1. The highest BCUT2D eigenvalue weighted by Crippen LogP contribution is 2.18. The zero-order valence-corrected chi connectivity index (χ0v) is 13.7. The van der Waals surface area contributed by atoms with Crippen molar-refractivity contribution >= 4 is 5.96 Å². The smallest absolute Gasteiger partial charge is 0.189 e. The van der Waals surface area contributed by atoms with Crippen molar-refractivity contribution in [2.24, 2.45) is 10.7 Å². The largest absolute Gasteiger partial charge is 0.492 e. The van der Waals surface area contributed by atoms with E-state index >= 15 is 0 Å². The monoisotopic (exact) mass is 304 g/mol. The molecule has 1 saturated carbocycles. The van der Waals surface area contributed by atoms with Crippen LogP contribution in [0.4, 0.5) is 0 Å². The molecule has 0 aliphatic heterocycles. The summed E-state index contributed by atoms with van der Waals surface area (Å²) >= 11 is 0. The molecule has 0 atom stereocenters. The molecule has 3 N–H and O–H groups in total. The fourth-order valence-electron chi connectivity index (χ4n) is 2.18. The lowest BCUT2D eigenvalue weighted by Crippen LogP contribution is -2.33. The lowest BCUT2D eigenvalue weighted by Gasteiger charge is -2.18. The highest BCUT2D eigenvalue weighted by molar-refractivity contribution is 5.78. The summed E-state index contributed by atoms with van der Waals surface area (Å²) in [5.74, 6) is 1.45. The highest BCUT2D eigenvalue weighted by atomic mass is 16.5. The van der Waals surface area contributed by atoms with E-state index in [4.69, 9.17) is 10.5 Å². The van der Waals surface area contributed by atoms with E-state index in [0.717, 1.165) is 37.6 Å². The third kappa shape index (κ3) is 5.93. The van der Waals surface area contributed by atoms with Gasteiger partial charge >= 0.3 is 0 Å². The Morgan fingerprint density at radius 1 is 1.27 bits per heavy atom. The molecule has 5 heteroatoms. The summed E-state index contributed by atoms with van der Waals surface area (Å²) < 4.78 is 5.77. The van der Waals surface area contributed by atoms with E-state index in [9.17, 15) is 0 Å². The van der Waals surface area contributed by atoms with Crippen molar-refractivity contribution in [2.75, 3.05) is 26.2 Å². The fraction of sp³-hybridized carbons (Fsp3) is 0.588. The van der Waals surface area contributed by atoms with Crippen molar-refractivity contribution < 1.29 is 4.74 Å². The number of ether oxygens (including phenoxy) is 1. The van der Waals surface area contributed by atoms with Crippen molar-refractivity contribution in [3.05, 3.63) is 29.8 Å². The minimum absolute atomic E-state index is 0.544. The molecule has 0 saturated heterocycles. The predicted octanol–water partition coefficient (Wildman–Crippen LogP) is 1.97. The minimum Gasteiger partial charge on any atom is -0.492 e. The lowest BCUT2D eigenvalue weighted by molar-refractivity contribution is 0.223. The maximum absolute atomic E-state index is 5.82. The van der Waals surface area contributed by atoms with E-state index in [0.29, 0.717) is 18.5 Å². The van der Waals surface area contributed by atoms with Crippen LogP contribution in [0, 0.1) is 0 Å². The number of benzene rings is 1. The third-order valence-corrected chi connectivity index (χ3v) is 3.86. The van der Waals surface area contributed by atoms with Crippen molar-refractivity contribution in [3.63, 3.8) is 0 Å². The first kappa shape index (κ1) is 16.6. The van der Waals surface area contributed by atoms with Crippen LogP contribution < -0.4 is 15.8 Å². The van der Waals surface area contributed by atoms with E-state index in [-0.39, 0.29) is 0 Å². The minimum atomic E-state index is 0.544. The molecular formula is C17H28N4O. The summed E-state index contributed by atoms with van der Waals surface area (Å²) in [4.78, 5) is 6.69. The highest BCUT2D eigenvalue weighted by Gasteiger charge is 2.21. The molecule has 22 heavy (non-hydrogen) atoms. The van der Waals surface area contributed by atoms with Gasteiger partial charge in [0, 0.05) is 12.6 Å². The van der Waals surface area contributed by atoms with E-state index < -0.39 is 0 Å². The molecular weight excluding hydrogens is 276 g/mol. The predicted molar refractivity (Wildman–Crippen MR) is 91.2 cm³/mol. The Hall–Kier alpha value is -1.75. The Morgan fingerprint density at radius 3 is 2.55 bits per heavy atom. The van der Waals surface area contributed by atoms with Crippen LogP contribution in [0.5, 0.6) is 5.75 Å². The molecule has 2 rings (SSSR count). The number of hydrogen-bond acceptors (Lipinski definition) is 3. The maximum Gasteiger partial charge on any atom is 0.189 e. The van der Waals surface area contributed by atoms with Gasteiger partial charge in [-0.15, -0.1) is 0 Å². The van der Waals surface area contributed by atoms with Gasteiger partial charge in [-0.25, -0.2) is 4.99 Å². The molecule has 5 nitrogen and oxygen atoms in total. The van der Waals surface area contributed by atoms with Gasteiger partial charge in [0.25, 0.3) is 0 Å². The molecule has 1 aliphatic rings. The Labute approximate surface area is 133 Å². The first-order valence-corrected chi connectivity index (χ1v) is 8.21. The van der Waals surface area contributed by atoms with Crippen LogP contribution >= 0.6 is 0 Å². The van der Waals surface area contributed by atoms with Crippen molar-refractivity contribution in [3.8, 4) is 5.75 Å². The summed E-state index contributed by atoms with van der Waals surface area (Å²) in [6, 6.07) is 8.63. The zero-order valence-electron chi connectivity index (χ0n) is 13.7. The van der Waals surface area contributed by atoms with Gasteiger partial charge < -0.3 is 20.7 Å². The van der Waals surface area contributed by atoms with Gasteiger partial charge in [-0.05, 0) is 43.6 Å². The molecule has 0 amide bonds. The summed E-state index contributed by atoms with van der Waals surface area (Å²) in [6.07, 6.45) is 2.41. The molecule has 1 fully saturated rings. The summed E-state index contributed by atoms with van der Waals surface area (Å²) in [7, 11) is 0. The molecule has 1 aromatic rings. The third-order valence-electron chi connectivity index (χ3n) is 3.86. The van der Waals surface area contributed by atoms with Crippen molar-refractivity contribution in [1.82, 2.24) is 10.2 Å². The van der Waals surface area contributed by atoms with Crippen LogP contribution in [0.2, 0.25) is 0 Å². The van der Waals surface area contributed by atoms with Crippen LogP contribution in [0.3, 0.4) is 0 Å². The molecule has 0 bridgehead atoms. The van der Waals surface area contributed by atoms with E-state index in [1.807, 2.05) is 24.3 Å². The molecule has 1 aromatic carbocycles. The lowest BCUT2D eigenvalue weighted by atomic mass is 10.2. The van der Waals surface area contributed by atoms with E-state index in [1.54, 1.807) is 0 Å². The second kappa shape index (κ2) is 8.63. The second-order valence-electron chi connectivity index (χ2n) is 5.64. The zero-order chi connectivity index (χ0) is 15.8. The molecule has 0 heterocycles. The maximum atomic E-state index is 5.82. The Balaban J connectivity index is 1.72. The van der Waals surface area contributed by atoms with E-state index in [1.165, 1.54) is 12.8 Å². The number of hydrogen-bond donors (Lipinski definition) is 2. The Bertz CT molecular complexity index is 464. The van der Waals surface area contributed by atoms with Crippen LogP contribution in [0.25, 0.3) is 0 Å². The van der Waals surface area contributed by atoms with Gasteiger partial charge in [-0.1, -0.05) is 26.0 Å². The number of aliphatic imine (C=N–C) groups is 1. The van der Waals surface area contributed by atoms with E-state index in [2.05, 4.69) is 29.1 Å². The number of nitrogens with zero attached hydrogens (tertiary/aromatic N) is 2. The number of likely N-dealkylation sites (N-methyl/N-ethyl adjacent to an activating group) is 1. The fourth-order valence-corrected chi connectivity index (χ4v) is 2.18. The number of nitrogens with one attached hydrogen (secondary N) is 1. The first-order chi connectivity index (χ1) is 10.7. The van der Waals surface area contributed by atoms with Gasteiger partial charge in [0.1, 0.15) is 12.4 Å². The molecule has 0 aromatic heterocycles. The van der Waals surface area contributed by atoms with Gasteiger partial charge in [0.05, 0.1) is 6.54 Å². The average molecular weight is 304 g/mol. The number of guanidine groups is 1. The number of rotatable bonds is 9.